The number of unbranched alkanes of at least 4 members (excludes halogenated alkanes) is 6. The molecule has 0 heterocycles. The second-order valence-electron chi connectivity index (χ2n) is 8.98. The zero-order valence-corrected chi connectivity index (χ0v) is 22.9. The molecule has 3 aromatic rings. The highest BCUT2D eigenvalue weighted by Gasteiger charge is 2.36. The summed E-state index contributed by atoms with van der Waals surface area (Å²) >= 11 is 0. The molecule has 0 aliphatic rings. The highest BCUT2D eigenvalue weighted by Crippen LogP contribution is 2.69. The first-order valence-electron chi connectivity index (χ1n) is 13.4. The van der Waals surface area contributed by atoms with Crippen molar-refractivity contribution in [2.24, 2.45) is 0 Å². The first kappa shape index (κ1) is 28.5. The zero-order valence-electron chi connectivity index (χ0n) is 22.1. The summed E-state index contributed by atoms with van der Waals surface area (Å²) in [5, 5.41) is 9.87. The summed E-state index contributed by atoms with van der Waals surface area (Å²) in [5.41, 5.74) is 0. The highest BCUT2D eigenvalue weighted by atomic mass is 32.3. The van der Waals surface area contributed by atoms with E-state index in [2.05, 4.69) is 13.8 Å². The maximum atomic E-state index is 12.1. The van der Waals surface area contributed by atoms with E-state index in [9.17, 15) is 9.90 Å². The van der Waals surface area contributed by atoms with Gasteiger partial charge in [-0.3, -0.25) is 0 Å². The molecule has 0 bridgehead atoms. The third-order valence-electron chi connectivity index (χ3n) is 6.12. The van der Waals surface area contributed by atoms with Gasteiger partial charge in [-0.15, -0.1) is 0 Å². The average molecular weight is 525 g/mol. The van der Waals surface area contributed by atoms with E-state index in [4.69, 9.17) is 13.7 Å². The molecule has 0 fully saturated rings. The van der Waals surface area contributed by atoms with Gasteiger partial charge in [-0.2, -0.15) is 0 Å². The maximum Gasteiger partial charge on any atom is 0.517 e. The molecule has 0 saturated heterocycles. The molecule has 37 heavy (non-hydrogen) atoms. The lowest BCUT2D eigenvalue weighted by Gasteiger charge is -2.38. The minimum atomic E-state index is -2.54. The Kier molecular flexibility index (Phi) is 11.7. The Balaban J connectivity index is 1.89. The Morgan fingerprint density at radius 1 is 0.622 bits per heavy atom. The van der Waals surface area contributed by atoms with Gasteiger partial charge in [-0.25, -0.2) is 4.79 Å². The van der Waals surface area contributed by atoms with Crippen LogP contribution in [0.1, 0.15) is 65.2 Å². The first-order chi connectivity index (χ1) is 18.1. The van der Waals surface area contributed by atoms with Crippen molar-refractivity contribution in [2.45, 2.75) is 79.9 Å². The van der Waals surface area contributed by atoms with Crippen LogP contribution in [-0.4, -0.2) is 24.5 Å². The van der Waals surface area contributed by atoms with Gasteiger partial charge >= 0.3 is 6.16 Å². The number of ether oxygens (including phenoxy) is 2. The molecule has 0 aromatic heterocycles. The van der Waals surface area contributed by atoms with Gasteiger partial charge in [0.1, 0.15) is 11.5 Å². The zero-order chi connectivity index (χ0) is 26.3. The molecule has 0 saturated carbocycles. The molecule has 0 radical (unpaired) electrons. The fourth-order valence-corrected chi connectivity index (χ4v) is 7.06. The van der Waals surface area contributed by atoms with E-state index in [0.717, 1.165) is 51.9 Å². The van der Waals surface area contributed by atoms with Crippen molar-refractivity contribution in [2.75, 3.05) is 13.2 Å². The molecule has 200 valence electrons. The molecule has 0 spiro atoms. The van der Waals surface area contributed by atoms with Crippen molar-refractivity contribution >= 4 is 16.5 Å². The number of carboxylic acid groups (broad SMARTS) is 1. The lowest BCUT2D eigenvalue weighted by Crippen LogP contribution is -2.12. The molecule has 0 amide bonds. The Bertz CT molecular complexity index is 994. The van der Waals surface area contributed by atoms with E-state index >= 15 is 0 Å². The maximum absolute atomic E-state index is 12.1. The Labute approximate surface area is 223 Å². The van der Waals surface area contributed by atoms with Gasteiger partial charge in [0.2, 0.25) is 0 Å². The SMILES string of the molecule is CCCCCCOc1ccc(S(OC(=O)O)(c2ccccc2)c2ccc(OCCCCCC)cc2)cc1. The van der Waals surface area contributed by atoms with E-state index in [1.165, 1.54) is 25.7 Å². The van der Waals surface area contributed by atoms with Crippen molar-refractivity contribution in [1.82, 2.24) is 0 Å². The van der Waals surface area contributed by atoms with Crippen LogP contribution in [0.2, 0.25) is 0 Å². The summed E-state index contributed by atoms with van der Waals surface area (Å²) in [6.45, 7) is 5.72. The van der Waals surface area contributed by atoms with Crippen LogP contribution in [0.3, 0.4) is 0 Å². The van der Waals surface area contributed by atoms with Crippen molar-refractivity contribution in [3.63, 3.8) is 0 Å². The average Bonchev–Trinajstić information content (AvgIpc) is 2.93. The van der Waals surface area contributed by atoms with E-state index in [0.29, 0.717) is 13.2 Å². The smallest absolute Gasteiger partial charge is 0.494 e. The molecule has 0 aliphatic heterocycles. The summed E-state index contributed by atoms with van der Waals surface area (Å²) in [7, 11) is -2.54. The predicted molar refractivity (Wildman–Crippen MR) is 150 cm³/mol. The number of hydrogen-bond donors (Lipinski definition) is 1. The van der Waals surface area contributed by atoms with E-state index in [1.807, 2.05) is 78.9 Å². The second kappa shape index (κ2) is 15.2. The van der Waals surface area contributed by atoms with Crippen molar-refractivity contribution in [3.8, 4) is 11.5 Å². The lowest BCUT2D eigenvalue weighted by molar-refractivity contribution is 0.150. The standard InChI is InChI=1S/C31H40O5S/c1-3-5-7-12-24-34-26-16-20-29(21-17-26)37(36-31(32)33,28-14-10-9-11-15-28)30-22-18-27(19-23-30)35-25-13-8-6-4-2/h9-11,14-23H,3-8,12-13,24-25H2,1-2H3,(H,32,33). The van der Waals surface area contributed by atoms with Gasteiger partial charge in [0, 0.05) is 14.7 Å². The molecule has 3 aromatic carbocycles. The number of carbonyl (C=O) groups is 1. The summed E-state index contributed by atoms with van der Waals surface area (Å²) in [6, 6.07) is 24.9. The molecule has 0 atom stereocenters. The fourth-order valence-electron chi connectivity index (χ4n) is 4.16. The molecule has 3 rings (SSSR count). The van der Waals surface area contributed by atoms with Crippen LogP contribution in [0, 0.1) is 0 Å². The van der Waals surface area contributed by atoms with Gasteiger partial charge in [0.25, 0.3) is 0 Å². The van der Waals surface area contributed by atoms with Crippen LogP contribution in [0.15, 0.2) is 93.5 Å². The van der Waals surface area contributed by atoms with Crippen molar-refractivity contribution in [3.05, 3.63) is 78.9 Å². The third-order valence-corrected chi connectivity index (χ3v) is 9.32. The summed E-state index contributed by atoms with van der Waals surface area (Å²) in [4.78, 5) is 14.4. The molecule has 5 nitrogen and oxygen atoms in total. The van der Waals surface area contributed by atoms with Gasteiger partial charge < -0.3 is 18.8 Å². The second-order valence-corrected chi connectivity index (χ2v) is 11.7. The summed E-state index contributed by atoms with van der Waals surface area (Å²) < 4.78 is 17.7. The van der Waals surface area contributed by atoms with Gasteiger partial charge in [-0.1, -0.05) is 70.6 Å². The van der Waals surface area contributed by atoms with Crippen LogP contribution < -0.4 is 9.47 Å². The summed E-state index contributed by atoms with van der Waals surface area (Å²) in [5.74, 6) is 1.53. The first-order valence-corrected chi connectivity index (χ1v) is 14.9. The molecule has 0 unspecified atom stereocenters. The highest BCUT2D eigenvalue weighted by molar-refractivity contribution is 8.30. The number of rotatable bonds is 16. The molecule has 1 N–H and O–H groups in total. The monoisotopic (exact) mass is 524 g/mol. The molecule has 6 heteroatoms. The van der Waals surface area contributed by atoms with Crippen LogP contribution in [-0.2, 0) is 4.18 Å². The van der Waals surface area contributed by atoms with Crippen molar-refractivity contribution in [1.29, 1.82) is 0 Å². The van der Waals surface area contributed by atoms with E-state index in [1.54, 1.807) is 0 Å². The van der Waals surface area contributed by atoms with E-state index < -0.39 is 16.5 Å². The summed E-state index contributed by atoms with van der Waals surface area (Å²) in [6.07, 6.45) is 7.83. The van der Waals surface area contributed by atoms with Gasteiger partial charge in [0.05, 0.1) is 13.2 Å². The third kappa shape index (κ3) is 8.19. The van der Waals surface area contributed by atoms with Gasteiger partial charge in [0.15, 0.2) is 0 Å². The van der Waals surface area contributed by atoms with Gasteiger partial charge in [-0.05, 0) is 83.8 Å². The Hall–Kier alpha value is -3.12. The predicted octanol–water partition coefficient (Wildman–Crippen LogP) is 9.50. The Morgan fingerprint density at radius 2 is 1.05 bits per heavy atom. The Morgan fingerprint density at radius 3 is 1.46 bits per heavy atom. The van der Waals surface area contributed by atoms with Crippen LogP contribution >= 0.6 is 10.3 Å². The quantitative estimate of drug-likeness (QED) is 0.189. The van der Waals surface area contributed by atoms with Crippen LogP contribution in [0.5, 0.6) is 11.5 Å². The minimum absolute atomic E-state index is 0.668. The fraction of sp³-hybridized carbons (Fsp3) is 0.387. The largest absolute Gasteiger partial charge is 0.517 e. The molecular formula is C31H40O5S. The molecule has 0 aliphatic carbocycles. The van der Waals surface area contributed by atoms with Crippen LogP contribution in [0.25, 0.3) is 0 Å². The normalized spacial score (nSPS) is 11.6. The molecular weight excluding hydrogens is 484 g/mol. The van der Waals surface area contributed by atoms with E-state index in [-0.39, 0.29) is 0 Å². The number of benzene rings is 3. The minimum Gasteiger partial charge on any atom is -0.494 e. The van der Waals surface area contributed by atoms with Crippen LogP contribution in [0.4, 0.5) is 4.79 Å². The number of hydrogen-bond acceptors (Lipinski definition) is 4. The van der Waals surface area contributed by atoms with Crippen molar-refractivity contribution < 1.29 is 23.6 Å². The topological polar surface area (TPSA) is 65.0 Å². The lowest BCUT2D eigenvalue weighted by atomic mass is 10.2.